The molecule has 2 rings (SSSR count). The van der Waals surface area contributed by atoms with Crippen LogP contribution in [-0.4, -0.2) is 11.6 Å². The van der Waals surface area contributed by atoms with Crippen LogP contribution >= 0.6 is 0 Å². The average molecular weight is 140 g/mol. The van der Waals surface area contributed by atoms with Crippen molar-refractivity contribution < 1.29 is 0 Å². The van der Waals surface area contributed by atoms with Crippen molar-refractivity contribution in [2.75, 3.05) is 0 Å². The topological polar surface area (TPSA) is 52.0 Å². The van der Waals surface area contributed by atoms with E-state index < -0.39 is 0 Å². The maximum absolute atomic E-state index is 6.15. The van der Waals surface area contributed by atoms with Crippen LogP contribution in [0.2, 0.25) is 0 Å². The van der Waals surface area contributed by atoms with Crippen molar-refractivity contribution in [3.63, 3.8) is 0 Å². The van der Waals surface area contributed by atoms with E-state index in [1.165, 1.54) is 19.3 Å². The van der Waals surface area contributed by atoms with E-state index in [1.54, 1.807) is 0 Å². The first-order chi connectivity index (χ1) is 4.63. The Labute approximate surface area is 62.0 Å². The van der Waals surface area contributed by atoms with Crippen LogP contribution in [0.3, 0.4) is 0 Å². The summed E-state index contributed by atoms with van der Waals surface area (Å²) in [5, 5.41) is 0. The molecule has 0 aromatic carbocycles. The minimum Gasteiger partial charge on any atom is -0.327 e. The Bertz CT molecular complexity index is 157. The summed E-state index contributed by atoms with van der Waals surface area (Å²) < 4.78 is 0. The second-order valence-electron chi connectivity index (χ2n) is 4.10. The molecule has 0 aliphatic heterocycles. The molecule has 2 aliphatic carbocycles. The lowest BCUT2D eigenvalue weighted by atomic mass is 9.82. The molecule has 4 unspecified atom stereocenters. The Balaban J connectivity index is 2.25. The summed E-state index contributed by atoms with van der Waals surface area (Å²) in [6, 6.07) is 0.388. The molecule has 0 heterocycles. The molecule has 0 spiro atoms. The Morgan fingerprint density at radius 2 is 2.20 bits per heavy atom. The predicted molar refractivity (Wildman–Crippen MR) is 41.4 cm³/mol. The van der Waals surface area contributed by atoms with Gasteiger partial charge in [0.05, 0.1) is 0 Å². The summed E-state index contributed by atoms with van der Waals surface area (Å²) in [7, 11) is 0. The van der Waals surface area contributed by atoms with Crippen LogP contribution in [-0.2, 0) is 0 Å². The zero-order valence-corrected chi connectivity index (χ0v) is 6.51. The predicted octanol–water partition coefficient (Wildman–Crippen LogP) is 0.461. The van der Waals surface area contributed by atoms with Gasteiger partial charge in [-0.05, 0) is 31.1 Å². The fraction of sp³-hybridized carbons (Fsp3) is 1.00. The quantitative estimate of drug-likeness (QED) is 0.513. The fourth-order valence-corrected chi connectivity index (χ4v) is 2.68. The lowest BCUT2D eigenvalue weighted by molar-refractivity contribution is 0.272. The molecule has 0 aromatic rings. The standard InChI is InChI=1S/C8H16N2/c1-5-7(9)6-2-3-8(5,10)4-6/h5-7H,2-4,9-10H2,1H3. The summed E-state index contributed by atoms with van der Waals surface area (Å²) in [6.45, 7) is 2.20. The van der Waals surface area contributed by atoms with Crippen molar-refractivity contribution in [2.24, 2.45) is 23.3 Å². The van der Waals surface area contributed by atoms with Crippen LogP contribution in [0.4, 0.5) is 0 Å². The molecular weight excluding hydrogens is 124 g/mol. The van der Waals surface area contributed by atoms with Crippen molar-refractivity contribution in [1.82, 2.24) is 0 Å². The van der Waals surface area contributed by atoms with Gasteiger partial charge in [-0.25, -0.2) is 0 Å². The zero-order valence-electron chi connectivity index (χ0n) is 6.51. The molecule has 2 fully saturated rings. The summed E-state index contributed by atoms with van der Waals surface area (Å²) in [5.74, 6) is 1.28. The van der Waals surface area contributed by atoms with Crippen molar-refractivity contribution in [3.8, 4) is 0 Å². The molecule has 2 bridgehead atoms. The first-order valence-electron chi connectivity index (χ1n) is 4.18. The summed E-state index contributed by atoms with van der Waals surface area (Å²) in [5.41, 5.74) is 12.2. The summed E-state index contributed by atoms with van der Waals surface area (Å²) >= 11 is 0. The van der Waals surface area contributed by atoms with Gasteiger partial charge in [-0.2, -0.15) is 0 Å². The van der Waals surface area contributed by atoms with E-state index in [9.17, 15) is 0 Å². The highest BCUT2D eigenvalue weighted by atomic mass is 14.9. The fourth-order valence-electron chi connectivity index (χ4n) is 2.68. The molecule has 58 valence electrons. The van der Waals surface area contributed by atoms with Crippen molar-refractivity contribution in [2.45, 2.75) is 37.8 Å². The van der Waals surface area contributed by atoms with Gasteiger partial charge in [-0.15, -0.1) is 0 Å². The van der Waals surface area contributed by atoms with E-state index >= 15 is 0 Å². The highest BCUT2D eigenvalue weighted by molar-refractivity contribution is 5.10. The van der Waals surface area contributed by atoms with Gasteiger partial charge in [-0.3, -0.25) is 0 Å². The Kier molecular flexibility index (Phi) is 1.15. The third-order valence-electron chi connectivity index (χ3n) is 3.65. The number of hydrogen-bond acceptors (Lipinski definition) is 2. The number of fused-ring (bicyclic) bond motifs is 2. The van der Waals surface area contributed by atoms with Gasteiger partial charge in [0, 0.05) is 11.6 Å². The smallest absolute Gasteiger partial charge is 0.0198 e. The van der Waals surface area contributed by atoms with Crippen LogP contribution in [0.25, 0.3) is 0 Å². The number of rotatable bonds is 0. The molecular formula is C8H16N2. The maximum Gasteiger partial charge on any atom is 0.0198 e. The van der Waals surface area contributed by atoms with E-state index in [4.69, 9.17) is 11.5 Å². The van der Waals surface area contributed by atoms with Gasteiger partial charge in [0.15, 0.2) is 0 Å². The van der Waals surface area contributed by atoms with Crippen LogP contribution in [0.15, 0.2) is 0 Å². The molecule has 2 heteroatoms. The molecule has 2 nitrogen and oxygen atoms in total. The Hall–Kier alpha value is -0.0800. The lowest BCUT2D eigenvalue weighted by Crippen LogP contribution is -2.47. The average Bonchev–Trinajstić information content (AvgIpc) is 2.35. The van der Waals surface area contributed by atoms with Gasteiger partial charge in [0.25, 0.3) is 0 Å². The number of hydrogen-bond donors (Lipinski definition) is 2. The largest absolute Gasteiger partial charge is 0.327 e. The monoisotopic (exact) mass is 140 g/mol. The normalized spacial score (nSPS) is 59.7. The van der Waals surface area contributed by atoms with E-state index in [2.05, 4.69) is 6.92 Å². The minimum absolute atomic E-state index is 0.115. The molecule has 4 atom stereocenters. The van der Waals surface area contributed by atoms with Crippen LogP contribution in [0.5, 0.6) is 0 Å². The number of nitrogens with two attached hydrogens (primary N) is 2. The molecule has 10 heavy (non-hydrogen) atoms. The second kappa shape index (κ2) is 1.74. The second-order valence-corrected chi connectivity index (χ2v) is 4.10. The van der Waals surface area contributed by atoms with Gasteiger partial charge >= 0.3 is 0 Å². The van der Waals surface area contributed by atoms with E-state index in [0.717, 1.165) is 5.92 Å². The molecule has 4 N–H and O–H groups in total. The third kappa shape index (κ3) is 0.611. The Morgan fingerprint density at radius 1 is 1.50 bits per heavy atom. The highest BCUT2D eigenvalue weighted by Gasteiger charge is 2.51. The molecule has 0 amide bonds. The zero-order chi connectivity index (χ0) is 7.35. The van der Waals surface area contributed by atoms with E-state index in [0.29, 0.717) is 12.0 Å². The SMILES string of the molecule is CC1C(N)C2CCC1(N)C2. The van der Waals surface area contributed by atoms with Crippen LogP contribution in [0.1, 0.15) is 26.2 Å². The highest BCUT2D eigenvalue weighted by Crippen LogP contribution is 2.48. The molecule has 0 saturated heterocycles. The Morgan fingerprint density at radius 3 is 2.50 bits per heavy atom. The van der Waals surface area contributed by atoms with Gasteiger partial charge < -0.3 is 11.5 Å². The maximum atomic E-state index is 6.15. The van der Waals surface area contributed by atoms with E-state index in [-0.39, 0.29) is 5.54 Å². The van der Waals surface area contributed by atoms with E-state index in [1.807, 2.05) is 0 Å². The summed E-state index contributed by atoms with van der Waals surface area (Å²) in [4.78, 5) is 0. The lowest BCUT2D eigenvalue weighted by Gasteiger charge is -2.31. The molecule has 0 aromatic heterocycles. The molecule has 2 saturated carbocycles. The van der Waals surface area contributed by atoms with Gasteiger partial charge in [-0.1, -0.05) is 6.92 Å². The van der Waals surface area contributed by atoms with Crippen molar-refractivity contribution >= 4 is 0 Å². The van der Waals surface area contributed by atoms with Crippen molar-refractivity contribution in [3.05, 3.63) is 0 Å². The summed E-state index contributed by atoms with van der Waals surface area (Å²) in [6.07, 6.45) is 3.64. The molecule has 2 aliphatic rings. The first kappa shape index (κ1) is 6.62. The minimum atomic E-state index is 0.115. The van der Waals surface area contributed by atoms with Crippen molar-refractivity contribution in [1.29, 1.82) is 0 Å². The van der Waals surface area contributed by atoms with Crippen LogP contribution < -0.4 is 11.5 Å². The van der Waals surface area contributed by atoms with Crippen LogP contribution in [0, 0.1) is 11.8 Å². The third-order valence-corrected chi connectivity index (χ3v) is 3.65. The molecule has 0 radical (unpaired) electrons. The van der Waals surface area contributed by atoms with Gasteiger partial charge in [0.1, 0.15) is 0 Å². The first-order valence-corrected chi connectivity index (χ1v) is 4.18. The van der Waals surface area contributed by atoms with Gasteiger partial charge in [0.2, 0.25) is 0 Å².